The van der Waals surface area contributed by atoms with Gasteiger partial charge in [-0.2, -0.15) is 0 Å². The summed E-state index contributed by atoms with van der Waals surface area (Å²) >= 11 is 5.72. The van der Waals surface area contributed by atoms with Gasteiger partial charge in [-0.1, -0.05) is 12.1 Å². The molecule has 2 aromatic carbocycles. The van der Waals surface area contributed by atoms with Crippen molar-refractivity contribution in [3.8, 4) is 0 Å². The Labute approximate surface area is 146 Å². The third-order valence-electron chi connectivity index (χ3n) is 3.47. The van der Waals surface area contributed by atoms with Crippen LogP contribution in [0.2, 0.25) is 0 Å². The lowest BCUT2D eigenvalue weighted by Crippen LogP contribution is -2.31. The van der Waals surface area contributed by atoms with E-state index in [0.29, 0.717) is 5.56 Å². The number of nitrogens with one attached hydrogen (secondary N) is 1. The highest BCUT2D eigenvalue weighted by atomic mass is 127. The van der Waals surface area contributed by atoms with Gasteiger partial charge in [0.1, 0.15) is 0 Å². The maximum Gasteiger partial charge on any atom is 0.259 e. The van der Waals surface area contributed by atoms with Gasteiger partial charge in [-0.05, 0) is 75.3 Å². The van der Waals surface area contributed by atoms with E-state index < -0.39 is 0 Å². The Bertz CT molecular complexity index is 690. The average molecular weight is 457 g/mol. The molecule has 0 saturated heterocycles. The summed E-state index contributed by atoms with van der Waals surface area (Å²) in [6.45, 7) is 1.61. The van der Waals surface area contributed by atoms with Crippen LogP contribution in [-0.2, 0) is 0 Å². The minimum atomic E-state index is 0.0385. The number of benzene rings is 2. The van der Waals surface area contributed by atoms with Gasteiger partial charge in [-0.15, -0.1) is 0 Å². The quantitative estimate of drug-likeness (QED) is 0.640. The number of hydrogen-bond donors (Lipinski definition) is 1. The van der Waals surface area contributed by atoms with Crippen LogP contribution in [0.1, 0.15) is 16.8 Å². The lowest BCUT2D eigenvalue weighted by Gasteiger charge is -2.23. The topological polar surface area (TPSA) is 32.3 Å². The molecule has 0 saturated carbocycles. The van der Waals surface area contributed by atoms with E-state index in [1.165, 1.54) is 0 Å². The first-order chi connectivity index (χ1) is 10.2. The number of fused-ring (bicyclic) bond motifs is 1. The van der Waals surface area contributed by atoms with Gasteiger partial charge in [-0.3, -0.25) is 4.79 Å². The highest BCUT2D eigenvalue weighted by Crippen LogP contribution is 2.31. The molecule has 1 N–H and O–H groups in total. The van der Waals surface area contributed by atoms with E-state index in [2.05, 4.69) is 43.8 Å². The van der Waals surface area contributed by atoms with Crippen LogP contribution in [0.25, 0.3) is 0 Å². The lowest BCUT2D eigenvalue weighted by atomic mass is 10.1. The van der Waals surface area contributed by atoms with E-state index in [1.807, 2.05) is 47.4 Å². The number of halogens is 2. The number of para-hydroxylation sites is 2. The minimum absolute atomic E-state index is 0.0385. The van der Waals surface area contributed by atoms with Crippen molar-refractivity contribution in [2.75, 3.05) is 23.3 Å². The SMILES string of the molecule is O=C(c1cc(I)ccc1Br)N1CCCNc2ccccc21. The molecule has 0 fully saturated rings. The van der Waals surface area contributed by atoms with E-state index in [4.69, 9.17) is 0 Å². The standard InChI is InChI=1S/C16H14BrIN2O/c17-13-7-6-11(18)10-12(13)16(21)20-9-3-8-19-14-4-1-2-5-15(14)20/h1-2,4-7,10,19H,3,8-9H2. The van der Waals surface area contributed by atoms with E-state index >= 15 is 0 Å². The highest BCUT2D eigenvalue weighted by Gasteiger charge is 2.23. The molecule has 3 rings (SSSR count). The fraction of sp³-hybridized carbons (Fsp3) is 0.188. The molecule has 0 unspecified atom stereocenters. The van der Waals surface area contributed by atoms with Crippen molar-refractivity contribution >= 4 is 55.8 Å². The predicted molar refractivity (Wildman–Crippen MR) is 98.1 cm³/mol. The first-order valence-corrected chi connectivity index (χ1v) is 8.64. The summed E-state index contributed by atoms with van der Waals surface area (Å²) in [4.78, 5) is 14.8. The fourth-order valence-electron chi connectivity index (χ4n) is 2.46. The Balaban J connectivity index is 2.03. The zero-order chi connectivity index (χ0) is 14.8. The Morgan fingerprint density at radius 3 is 2.90 bits per heavy atom. The minimum Gasteiger partial charge on any atom is -0.383 e. The van der Waals surface area contributed by atoms with Crippen LogP contribution in [0, 0.1) is 3.57 Å². The number of carbonyl (C=O) groups excluding carboxylic acids is 1. The highest BCUT2D eigenvalue weighted by molar-refractivity contribution is 14.1. The molecule has 5 heteroatoms. The van der Waals surface area contributed by atoms with E-state index in [0.717, 1.165) is 38.9 Å². The molecule has 2 aromatic rings. The molecule has 108 valence electrons. The Hall–Kier alpha value is -1.08. The number of anilines is 2. The molecule has 0 atom stereocenters. The second kappa shape index (κ2) is 6.36. The van der Waals surface area contributed by atoms with Gasteiger partial charge in [-0.25, -0.2) is 0 Å². The van der Waals surface area contributed by atoms with Crippen LogP contribution in [0.3, 0.4) is 0 Å². The third-order valence-corrected chi connectivity index (χ3v) is 4.84. The van der Waals surface area contributed by atoms with Crippen molar-refractivity contribution in [2.24, 2.45) is 0 Å². The Morgan fingerprint density at radius 1 is 1.24 bits per heavy atom. The van der Waals surface area contributed by atoms with E-state index in [-0.39, 0.29) is 5.91 Å². The van der Waals surface area contributed by atoms with Crippen LogP contribution in [0.15, 0.2) is 46.9 Å². The van der Waals surface area contributed by atoms with Crippen molar-refractivity contribution in [3.63, 3.8) is 0 Å². The van der Waals surface area contributed by atoms with Crippen molar-refractivity contribution in [3.05, 3.63) is 56.1 Å². The van der Waals surface area contributed by atoms with E-state index in [1.54, 1.807) is 0 Å². The average Bonchev–Trinajstić information content (AvgIpc) is 2.71. The maximum atomic E-state index is 13.0. The molecule has 0 aliphatic carbocycles. The summed E-state index contributed by atoms with van der Waals surface area (Å²) in [6.07, 6.45) is 0.933. The van der Waals surface area contributed by atoms with Crippen molar-refractivity contribution < 1.29 is 4.79 Å². The number of nitrogens with zero attached hydrogens (tertiary/aromatic N) is 1. The summed E-state index contributed by atoms with van der Waals surface area (Å²) in [5, 5.41) is 3.38. The fourth-order valence-corrected chi connectivity index (χ4v) is 3.36. The van der Waals surface area contributed by atoms with Gasteiger partial charge < -0.3 is 10.2 Å². The summed E-state index contributed by atoms with van der Waals surface area (Å²) < 4.78 is 1.89. The van der Waals surface area contributed by atoms with Crippen LogP contribution >= 0.6 is 38.5 Å². The number of amides is 1. The molecule has 0 radical (unpaired) electrons. The van der Waals surface area contributed by atoms with Gasteiger partial charge in [0.15, 0.2) is 0 Å². The van der Waals surface area contributed by atoms with Crippen LogP contribution in [0.5, 0.6) is 0 Å². The van der Waals surface area contributed by atoms with Crippen LogP contribution in [-0.4, -0.2) is 19.0 Å². The van der Waals surface area contributed by atoms with Gasteiger partial charge in [0.25, 0.3) is 5.91 Å². The van der Waals surface area contributed by atoms with Gasteiger partial charge in [0, 0.05) is 21.1 Å². The Morgan fingerprint density at radius 2 is 2.05 bits per heavy atom. The molecule has 1 heterocycles. The molecular formula is C16H14BrIN2O. The summed E-state index contributed by atoms with van der Waals surface area (Å²) in [6, 6.07) is 13.8. The first-order valence-electron chi connectivity index (χ1n) is 6.76. The third kappa shape index (κ3) is 3.08. The normalized spacial score (nSPS) is 14.1. The van der Waals surface area contributed by atoms with Crippen molar-refractivity contribution in [1.29, 1.82) is 0 Å². The number of hydrogen-bond acceptors (Lipinski definition) is 2. The zero-order valence-electron chi connectivity index (χ0n) is 11.3. The van der Waals surface area contributed by atoms with Gasteiger partial charge in [0.05, 0.1) is 16.9 Å². The molecule has 21 heavy (non-hydrogen) atoms. The second-order valence-electron chi connectivity index (χ2n) is 4.88. The predicted octanol–water partition coefficient (Wildman–Crippen LogP) is 4.52. The zero-order valence-corrected chi connectivity index (χ0v) is 15.0. The largest absolute Gasteiger partial charge is 0.383 e. The molecule has 1 aliphatic rings. The summed E-state index contributed by atoms with van der Waals surface area (Å²) in [7, 11) is 0. The second-order valence-corrected chi connectivity index (χ2v) is 6.98. The van der Waals surface area contributed by atoms with Crippen LogP contribution in [0.4, 0.5) is 11.4 Å². The maximum absolute atomic E-state index is 13.0. The lowest BCUT2D eigenvalue weighted by molar-refractivity contribution is 0.0986. The van der Waals surface area contributed by atoms with E-state index in [9.17, 15) is 4.79 Å². The smallest absolute Gasteiger partial charge is 0.259 e. The molecule has 1 aliphatic heterocycles. The molecule has 0 bridgehead atoms. The van der Waals surface area contributed by atoms with Gasteiger partial charge in [0.2, 0.25) is 0 Å². The van der Waals surface area contributed by atoms with Gasteiger partial charge >= 0.3 is 0 Å². The number of carbonyl (C=O) groups is 1. The molecule has 1 amide bonds. The summed E-state index contributed by atoms with van der Waals surface area (Å²) in [5.41, 5.74) is 2.68. The molecule has 0 aromatic heterocycles. The van der Waals surface area contributed by atoms with Crippen molar-refractivity contribution in [1.82, 2.24) is 0 Å². The molecular weight excluding hydrogens is 443 g/mol. The van der Waals surface area contributed by atoms with Crippen molar-refractivity contribution in [2.45, 2.75) is 6.42 Å². The van der Waals surface area contributed by atoms with Crippen LogP contribution < -0.4 is 10.2 Å². The molecule has 0 spiro atoms. The Kier molecular flexibility index (Phi) is 4.49. The number of rotatable bonds is 1. The summed E-state index contributed by atoms with van der Waals surface area (Å²) in [5.74, 6) is 0.0385. The monoisotopic (exact) mass is 456 g/mol. The molecule has 3 nitrogen and oxygen atoms in total. The first kappa shape index (κ1) is 14.8.